The Hall–Kier alpha value is -7.94. The van der Waals surface area contributed by atoms with Crippen LogP contribution in [0.1, 0.15) is 242 Å². The third-order valence-electron chi connectivity index (χ3n) is 20.5. The van der Waals surface area contributed by atoms with E-state index >= 15 is 0 Å². The van der Waals surface area contributed by atoms with Gasteiger partial charge in [-0.3, -0.25) is 47.9 Å². The van der Waals surface area contributed by atoms with Crippen molar-refractivity contribution in [2.45, 2.75) is 242 Å². The van der Waals surface area contributed by atoms with Crippen molar-refractivity contribution in [1.29, 1.82) is 0 Å². The molecule has 1 unspecified atom stereocenters. The standard InChI is InChI=1S/C55H94N8O11.C38H76N8O8/c1-7-74-45-25-23-44(24-26-45)54(47-28-27-46(69-5)40-48(47)70-6)62-52(67)29-30-53(68)63-55(41-71-37-17-34-59-49(64)20-11-8-14-31-56-2,42-72-38-18-35-60-50(65)21-12-9-15-32-57-3)43-73-39-19-36-61-51(66)22-13-10-16-33-58-4;1-40-21-10-4-7-16-34(48)43-24-13-27-52-30-38(46-37(51)20-19-33(39)47,31-53-28-14-25-44-35(49)17-8-5-11-22-41-2)32-54-29-15-26-45-36(50)18-9-6-12-23-42-3/h23-28,40,54,56-58H,7-22,29-39,41-43H2,1-6H3,(H,59,64)(H,60,65)(H,61,66)(H,62,67)(H,63,68);40-42H,4-32H2,1-3H3,(H2,39,47)(H,43,48)(H,44,49)(H,45,50)(H,46,51). The molecule has 0 saturated carbocycles. The molecule has 35 heteroatoms. The molecule has 0 aromatic heterocycles. The van der Waals surface area contributed by atoms with Gasteiger partial charge in [-0.05, 0) is 234 Å². The van der Waals surface area contributed by atoms with Crippen molar-refractivity contribution in [3.05, 3.63) is 53.6 Å². The van der Waals surface area contributed by atoms with Crippen molar-refractivity contribution < 1.29 is 90.6 Å². The topological polar surface area (TPSA) is 460 Å². The molecular weight excluding hydrogens is 1650 g/mol. The molecule has 2 aromatic carbocycles. The van der Waals surface area contributed by atoms with Crippen molar-refractivity contribution >= 4 is 59.1 Å². The van der Waals surface area contributed by atoms with Gasteiger partial charge in [0.1, 0.15) is 28.3 Å². The van der Waals surface area contributed by atoms with Crippen LogP contribution in [0.4, 0.5) is 0 Å². The third kappa shape index (κ3) is 66.4. The summed E-state index contributed by atoms with van der Waals surface area (Å²) in [5.74, 6) is 0.0669. The van der Waals surface area contributed by atoms with Gasteiger partial charge in [0, 0.05) is 155 Å². The maximum absolute atomic E-state index is 14.1. The molecule has 0 heterocycles. The number of nitrogens with two attached hydrogens (primary N) is 1. The summed E-state index contributed by atoms with van der Waals surface area (Å²) in [5, 5.41) is 45.6. The van der Waals surface area contributed by atoms with E-state index < -0.39 is 34.8 Å². The van der Waals surface area contributed by atoms with Gasteiger partial charge in [-0.1, -0.05) is 50.7 Å². The fraction of sp³-hybridized carbons (Fsp3) is 0.763. The molecular formula is C93H170N16O19. The molecule has 736 valence electrons. The Kier molecular flexibility index (Phi) is 75.8. The van der Waals surface area contributed by atoms with Crippen molar-refractivity contribution in [3.8, 4) is 17.2 Å². The molecule has 0 radical (unpaired) electrons. The molecule has 128 heavy (non-hydrogen) atoms. The SMILES string of the molecule is CCOc1ccc(C(NC(=O)CCC(=O)NC(COCCCNC(=O)CCCCCNC)(COCCCNC(=O)CCCCCNC)COCCCNC(=O)CCCCCNC)c2ccc(OC)cc2OC)cc1.CNCCCCCC(=O)NCCCOCC(COCCCNC(=O)CCCCCNC)(COCCCNC(=O)CCCCCNC)NC(=O)CCC(N)=O. The number of hydrogen-bond acceptors (Lipinski definition) is 25. The van der Waals surface area contributed by atoms with Crippen LogP contribution in [0.5, 0.6) is 17.2 Å². The van der Waals surface area contributed by atoms with E-state index in [1.165, 1.54) is 0 Å². The second-order valence-corrected chi connectivity index (χ2v) is 32.3. The summed E-state index contributed by atoms with van der Waals surface area (Å²) >= 11 is 0. The van der Waals surface area contributed by atoms with Crippen LogP contribution >= 0.6 is 0 Å². The zero-order valence-electron chi connectivity index (χ0n) is 79.7. The number of nitrogens with one attached hydrogen (secondary N) is 15. The van der Waals surface area contributed by atoms with E-state index in [2.05, 4.69) is 79.8 Å². The van der Waals surface area contributed by atoms with Gasteiger partial charge >= 0.3 is 0 Å². The van der Waals surface area contributed by atoms with E-state index in [0.717, 1.165) is 160 Å². The number of unbranched alkanes of at least 4 members (excludes halogenated alkanes) is 12. The Morgan fingerprint density at radius 2 is 0.578 bits per heavy atom. The molecule has 0 aliphatic rings. The van der Waals surface area contributed by atoms with Crippen LogP contribution in [0.3, 0.4) is 0 Å². The van der Waals surface area contributed by atoms with Crippen LogP contribution in [-0.4, -0.2) is 291 Å². The molecule has 0 spiro atoms. The number of carbonyl (C=O) groups is 10. The molecule has 2 aromatic rings. The lowest BCUT2D eigenvalue weighted by molar-refractivity contribution is -0.130. The minimum atomic E-state index is -1.18. The van der Waals surface area contributed by atoms with Crippen molar-refractivity contribution in [3.63, 3.8) is 0 Å². The number of amides is 10. The summed E-state index contributed by atoms with van der Waals surface area (Å²) in [4.78, 5) is 126. The summed E-state index contributed by atoms with van der Waals surface area (Å²) in [6.45, 7) is 12.7. The lowest BCUT2D eigenvalue weighted by Gasteiger charge is -2.34. The van der Waals surface area contributed by atoms with Crippen LogP contribution in [-0.2, 0) is 76.4 Å². The van der Waals surface area contributed by atoms with Crippen LogP contribution in [0.2, 0.25) is 0 Å². The molecule has 17 N–H and O–H groups in total. The normalized spacial score (nSPS) is 11.5. The third-order valence-corrected chi connectivity index (χ3v) is 20.5. The highest BCUT2D eigenvalue weighted by Gasteiger charge is 2.36. The first kappa shape index (κ1) is 118. The Labute approximate surface area is 765 Å². The quantitative estimate of drug-likeness (QED) is 0.0344. The van der Waals surface area contributed by atoms with Gasteiger partial charge in [-0.15, -0.1) is 0 Å². The fourth-order valence-electron chi connectivity index (χ4n) is 13.3. The first-order valence-electron chi connectivity index (χ1n) is 47.3. The van der Waals surface area contributed by atoms with E-state index in [1.54, 1.807) is 26.4 Å². The smallest absolute Gasteiger partial charge is 0.221 e. The second-order valence-electron chi connectivity index (χ2n) is 32.3. The van der Waals surface area contributed by atoms with E-state index in [9.17, 15) is 47.9 Å². The monoisotopic (exact) mass is 1820 g/mol. The van der Waals surface area contributed by atoms with Crippen molar-refractivity contribution in [2.24, 2.45) is 5.73 Å². The highest BCUT2D eigenvalue weighted by atomic mass is 16.5. The molecule has 0 aliphatic carbocycles. The van der Waals surface area contributed by atoms with Gasteiger partial charge in [0.25, 0.3) is 0 Å². The zero-order chi connectivity index (χ0) is 93.9. The maximum Gasteiger partial charge on any atom is 0.221 e. The number of ether oxygens (including phenoxy) is 9. The molecule has 10 amide bonds. The molecule has 0 fully saturated rings. The Bertz CT molecular complexity index is 3000. The Morgan fingerprint density at radius 1 is 0.305 bits per heavy atom. The minimum absolute atomic E-state index is 0.00253. The largest absolute Gasteiger partial charge is 0.497 e. The predicted molar refractivity (Wildman–Crippen MR) is 502 cm³/mol. The van der Waals surface area contributed by atoms with Crippen LogP contribution in [0, 0.1) is 0 Å². The van der Waals surface area contributed by atoms with Gasteiger partial charge in [0.05, 0.1) is 66.5 Å². The molecule has 35 nitrogen and oxygen atoms in total. The Balaban J connectivity index is 0.00000135. The van der Waals surface area contributed by atoms with Gasteiger partial charge in [0.2, 0.25) is 59.1 Å². The molecule has 0 aliphatic heterocycles. The minimum Gasteiger partial charge on any atom is -0.497 e. The summed E-state index contributed by atoms with van der Waals surface area (Å²) in [7, 11) is 14.6. The van der Waals surface area contributed by atoms with Crippen LogP contribution in [0.15, 0.2) is 42.5 Å². The number of primary amides is 1. The number of rotatable bonds is 87. The molecule has 0 bridgehead atoms. The highest BCUT2D eigenvalue weighted by Crippen LogP contribution is 2.34. The number of benzene rings is 2. The van der Waals surface area contributed by atoms with E-state index in [-0.39, 0.29) is 126 Å². The van der Waals surface area contributed by atoms with E-state index in [4.69, 9.17) is 48.4 Å². The second kappa shape index (κ2) is 82.2. The van der Waals surface area contributed by atoms with Crippen LogP contribution < -0.4 is 99.7 Å². The molecule has 2 rings (SSSR count). The lowest BCUT2D eigenvalue weighted by Crippen LogP contribution is -2.58. The summed E-state index contributed by atoms with van der Waals surface area (Å²) < 4.78 is 53.6. The number of methoxy groups -OCH3 is 2. The summed E-state index contributed by atoms with van der Waals surface area (Å²) in [5.41, 5.74) is 4.50. The van der Waals surface area contributed by atoms with Crippen molar-refractivity contribution in [2.75, 3.05) is 221 Å². The summed E-state index contributed by atoms with van der Waals surface area (Å²) in [6, 6.07) is 12.2. The summed E-state index contributed by atoms with van der Waals surface area (Å²) in [6.07, 6.45) is 22.7. The number of carbonyl (C=O) groups excluding carboxylic acids is 10. The zero-order valence-corrected chi connectivity index (χ0v) is 79.7. The predicted octanol–water partition coefficient (Wildman–Crippen LogP) is 5.87. The van der Waals surface area contributed by atoms with Gasteiger partial charge in [0.15, 0.2) is 0 Å². The average Bonchev–Trinajstić information content (AvgIpc) is 0.851. The first-order chi connectivity index (χ1) is 62.2. The van der Waals surface area contributed by atoms with Crippen molar-refractivity contribution in [1.82, 2.24) is 79.8 Å². The van der Waals surface area contributed by atoms with E-state index in [0.29, 0.717) is 166 Å². The lowest BCUT2D eigenvalue weighted by atomic mass is 9.97. The van der Waals surface area contributed by atoms with E-state index in [1.807, 2.05) is 79.5 Å². The fourth-order valence-corrected chi connectivity index (χ4v) is 13.3. The number of hydrogen-bond donors (Lipinski definition) is 16. The van der Waals surface area contributed by atoms with Gasteiger partial charge in [-0.2, -0.15) is 0 Å². The molecule has 1 atom stereocenters. The van der Waals surface area contributed by atoms with Crippen LogP contribution in [0.25, 0.3) is 0 Å². The highest BCUT2D eigenvalue weighted by molar-refractivity contribution is 5.85. The van der Waals surface area contributed by atoms with Gasteiger partial charge < -0.3 is 128 Å². The average molecular weight is 1820 g/mol. The molecule has 0 saturated heterocycles. The van der Waals surface area contributed by atoms with Gasteiger partial charge in [-0.25, -0.2) is 0 Å². The Morgan fingerprint density at radius 3 is 0.836 bits per heavy atom. The first-order valence-corrected chi connectivity index (χ1v) is 47.3. The maximum atomic E-state index is 14.1.